The van der Waals surface area contributed by atoms with Gasteiger partial charge in [-0.05, 0) is 30.3 Å². The predicted molar refractivity (Wildman–Crippen MR) is 99.3 cm³/mol. The molecule has 0 aliphatic rings. The van der Waals surface area contributed by atoms with Crippen molar-refractivity contribution < 1.29 is 13.7 Å². The molecule has 0 fully saturated rings. The number of nitrogens with one attached hydrogen (secondary N) is 1. The number of hydrogen-bond acceptors (Lipinski definition) is 4. The molecule has 0 bridgehead atoms. The number of furan rings is 1. The maximum atomic E-state index is 12.2. The summed E-state index contributed by atoms with van der Waals surface area (Å²) in [5.74, 6) is 0.756. The van der Waals surface area contributed by atoms with Crippen LogP contribution < -0.4 is 5.32 Å². The Kier molecular flexibility index (Phi) is 4.41. The van der Waals surface area contributed by atoms with Crippen LogP contribution in [0.2, 0.25) is 10.0 Å². The zero-order valence-electron chi connectivity index (χ0n) is 13.3. The van der Waals surface area contributed by atoms with E-state index in [1.54, 1.807) is 18.2 Å². The van der Waals surface area contributed by atoms with E-state index in [9.17, 15) is 4.79 Å². The fraction of sp³-hybridized carbons (Fsp3) is 0.0526. The van der Waals surface area contributed by atoms with Crippen molar-refractivity contribution in [2.75, 3.05) is 0 Å². The first-order valence-corrected chi connectivity index (χ1v) is 8.53. The minimum Gasteiger partial charge on any atom is -0.453 e. The third kappa shape index (κ3) is 3.31. The summed E-state index contributed by atoms with van der Waals surface area (Å²) in [5, 5.41) is 8.45. The highest BCUT2D eigenvalue weighted by Crippen LogP contribution is 2.28. The van der Waals surface area contributed by atoms with Crippen LogP contribution in [-0.2, 0) is 6.54 Å². The fourth-order valence-corrected chi connectivity index (χ4v) is 3.05. The lowest BCUT2D eigenvalue weighted by atomic mass is 10.2. The first-order chi connectivity index (χ1) is 12.6. The molecule has 26 heavy (non-hydrogen) atoms. The Morgan fingerprint density at radius 2 is 1.88 bits per heavy atom. The largest absolute Gasteiger partial charge is 0.453 e. The van der Waals surface area contributed by atoms with E-state index in [-0.39, 0.29) is 17.5 Å². The van der Waals surface area contributed by atoms with Crippen LogP contribution >= 0.6 is 23.2 Å². The van der Waals surface area contributed by atoms with Crippen molar-refractivity contribution in [3.05, 3.63) is 75.9 Å². The number of fused-ring (bicyclic) bond motifs is 1. The van der Waals surface area contributed by atoms with Gasteiger partial charge in [-0.3, -0.25) is 4.79 Å². The molecule has 0 unspecified atom stereocenters. The Bertz CT molecular complexity index is 1070. The van der Waals surface area contributed by atoms with Crippen LogP contribution in [0.4, 0.5) is 0 Å². The smallest absolute Gasteiger partial charge is 0.253 e. The van der Waals surface area contributed by atoms with E-state index in [0.717, 1.165) is 11.0 Å². The van der Waals surface area contributed by atoms with E-state index in [2.05, 4.69) is 10.5 Å². The molecule has 4 aromatic rings. The van der Waals surface area contributed by atoms with E-state index in [4.69, 9.17) is 32.1 Å². The monoisotopic (exact) mass is 386 g/mol. The number of halogens is 2. The number of amides is 1. The van der Waals surface area contributed by atoms with Gasteiger partial charge >= 0.3 is 0 Å². The summed E-state index contributed by atoms with van der Waals surface area (Å²) < 4.78 is 11.1. The SMILES string of the molecule is O=C(NCc1cc(-c2cc3ccccc3o2)on1)c1ccc(Cl)cc1Cl. The van der Waals surface area contributed by atoms with E-state index >= 15 is 0 Å². The summed E-state index contributed by atoms with van der Waals surface area (Å²) in [6, 6.07) is 16.0. The number of carbonyl (C=O) groups is 1. The Balaban J connectivity index is 1.47. The highest BCUT2D eigenvalue weighted by molar-refractivity contribution is 6.36. The predicted octanol–water partition coefficient (Wildman–Crippen LogP) is 5.32. The second-order valence-corrected chi connectivity index (χ2v) is 6.48. The lowest BCUT2D eigenvalue weighted by molar-refractivity contribution is 0.0950. The first kappa shape index (κ1) is 16.7. The molecule has 2 aromatic heterocycles. The Morgan fingerprint density at radius 1 is 1.04 bits per heavy atom. The third-order valence-electron chi connectivity index (χ3n) is 3.83. The van der Waals surface area contributed by atoms with Crippen molar-refractivity contribution in [1.82, 2.24) is 10.5 Å². The lowest BCUT2D eigenvalue weighted by Gasteiger charge is -2.05. The quantitative estimate of drug-likeness (QED) is 0.514. The minimum atomic E-state index is -0.319. The van der Waals surface area contributed by atoms with Crippen LogP contribution in [0.25, 0.3) is 22.5 Å². The van der Waals surface area contributed by atoms with E-state index in [1.165, 1.54) is 6.07 Å². The molecule has 4 rings (SSSR count). The van der Waals surface area contributed by atoms with E-state index < -0.39 is 0 Å². The van der Waals surface area contributed by atoms with Crippen molar-refractivity contribution in [2.24, 2.45) is 0 Å². The van der Waals surface area contributed by atoms with Crippen LogP contribution in [0.1, 0.15) is 16.1 Å². The number of benzene rings is 2. The maximum absolute atomic E-state index is 12.2. The summed E-state index contributed by atoms with van der Waals surface area (Å²) in [7, 11) is 0. The molecular formula is C19H12Cl2N2O3. The van der Waals surface area contributed by atoms with Gasteiger partial charge in [0.15, 0.2) is 5.76 Å². The van der Waals surface area contributed by atoms with Crippen molar-refractivity contribution in [2.45, 2.75) is 6.54 Å². The Hall–Kier alpha value is -2.76. The zero-order chi connectivity index (χ0) is 18.1. The Morgan fingerprint density at radius 3 is 2.69 bits per heavy atom. The zero-order valence-corrected chi connectivity index (χ0v) is 14.8. The molecule has 0 radical (unpaired) electrons. The van der Waals surface area contributed by atoms with Crippen molar-refractivity contribution >= 4 is 40.1 Å². The van der Waals surface area contributed by atoms with Crippen LogP contribution in [0.15, 0.2) is 63.5 Å². The highest BCUT2D eigenvalue weighted by Gasteiger charge is 2.14. The van der Waals surface area contributed by atoms with Gasteiger partial charge in [-0.2, -0.15) is 0 Å². The lowest BCUT2D eigenvalue weighted by Crippen LogP contribution is -2.23. The van der Waals surface area contributed by atoms with Crippen molar-refractivity contribution in [3.8, 4) is 11.5 Å². The van der Waals surface area contributed by atoms with E-state index in [0.29, 0.717) is 27.8 Å². The van der Waals surface area contributed by atoms with Gasteiger partial charge in [-0.15, -0.1) is 0 Å². The summed E-state index contributed by atoms with van der Waals surface area (Å²) in [4.78, 5) is 12.2. The average molecular weight is 387 g/mol. The molecule has 130 valence electrons. The number of para-hydroxylation sites is 1. The van der Waals surface area contributed by atoms with Crippen LogP contribution in [-0.4, -0.2) is 11.1 Å². The second-order valence-electron chi connectivity index (χ2n) is 5.64. The van der Waals surface area contributed by atoms with Gasteiger partial charge in [0.25, 0.3) is 5.91 Å². The number of hydrogen-bond donors (Lipinski definition) is 1. The molecule has 5 nitrogen and oxygen atoms in total. The maximum Gasteiger partial charge on any atom is 0.253 e. The number of carbonyl (C=O) groups excluding carboxylic acids is 1. The third-order valence-corrected chi connectivity index (χ3v) is 4.38. The molecular weight excluding hydrogens is 375 g/mol. The molecule has 2 heterocycles. The van der Waals surface area contributed by atoms with Gasteiger partial charge in [0, 0.05) is 16.5 Å². The number of nitrogens with zero attached hydrogens (tertiary/aromatic N) is 1. The molecule has 7 heteroatoms. The minimum absolute atomic E-state index is 0.196. The summed E-state index contributed by atoms with van der Waals surface area (Å²) in [5.41, 5.74) is 1.68. The molecule has 0 saturated heterocycles. The van der Waals surface area contributed by atoms with Gasteiger partial charge in [0.05, 0.1) is 17.1 Å². The normalized spacial score (nSPS) is 11.0. The van der Waals surface area contributed by atoms with Crippen molar-refractivity contribution in [1.29, 1.82) is 0 Å². The average Bonchev–Trinajstić information content (AvgIpc) is 3.26. The standard InChI is InChI=1S/C19H12Cl2N2O3/c20-12-5-6-14(15(21)8-12)19(24)22-10-13-9-18(26-23-13)17-7-11-3-1-2-4-16(11)25-17/h1-9H,10H2,(H,22,24). The molecule has 2 aromatic carbocycles. The molecule has 0 aliphatic carbocycles. The molecule has 0 saturated carbocycles. The summed E-state index contributed by atoms with van der Waals surface area (Å²) in [6.45, 7) is 0.196. The van der Waals surface area contributed by atoms with Gasteiger partial charge in [0.1, 0.15) is 11.3 Å². The summed E-state index contributed by atoms with van der Waals surface area (Å²) >= 11 is 11.9. The fourth-order valence-electron chi connectivity index (χ4n) is 2.55. The topological polar surface area (TPSA) is 68.3 Å². The number of rotatable bonds is 4. The molecule has 1 N–H and O–H groups in total. The van der Waals surface area contributed by atoms with Crippen LogP contribution in [0.5, 0.6) is 0 Å². The van der Waals surface area contributed by atoms with Crippen LogP contribution in [0, 0.1) is 0 Å². The van der Waals surface area contributed by atoms with E-state index in [1.807, 2.05) is 30.3 Å². The molecule has 0 atom stereocenters. The summed E-state index contributed by atoms with van der Waals surface area (Å²) in [6.07, 6.45) is 0. The van der Waals surface area contributed by atoms with Gasteiger partial charge in [0.2, 0.25) is 5.76 Å². The molecule has 1 amide bonds. The van der Waals surface area contributed by atoms with Crippen molar-refractivity contribution in [3.63, 3.8) is 0 Å². The molecule has 0 spiro atoms. The van der Waals surface area contributed by atoms with Gasteiger partial charge in [-0.1, -0.05) is 46.6 Å². The molecule has 0 aliphatic heterocycles. The first-order valence-electron chi connectivity index (χ1n) is 7.78. The highest BCUT2D eigenvalue weighted by atomic mass is 35.5. The Labute approximate surface area is 158 Å². The second kappa shape index (κ2) is 6.86. The number of aromatic nitrogens is 1. The van der Waals surface area contributed by atoms with Gasteiger partial charge in [-0.25, -0.2) is 0 Å². The van der Waals surface area contributed by atoms with Gasteiger partial charge < -0.3 is 14.3 Å². The van der Waals surface area contributed by atoms with Crippen LogP contribution in [0.3, 0.4) is 0 Å².